The smallest absolute Gasteiger partial charge is 0.211 e. The first kappa shape index (κ1) is 32.1. The van der Waals surface area contributed by atoms with E-state index >= 15 is 0 Å². The molecule has 262 valence electrons. The van der Waals surface area contributed by atoms with Crippen LogP contribution in [0.1, 0.15) is 5.56 Å². The van der Waals surface area contributed by atoms with E-state index in [4.69, 9.17) is 13.1 Å². The van der Waals surface area contributed by atoms with Crippen molar-refractivity contribution in [3.05, 3.63) is 198 Å². The molecule has 0 N–H and O–H groups in total. The molecule has 0 saturated heterocycles. The third-order valence-electron chi connectivity index (χ3n) is 11.3. The SMILES string of the molecule is [C-]#[N+]c1ccc2c(c1)c1cc(C#N)ccc1n2-c1ccc2c3ccccc3n(-c3ccc(-c4cccc([N+]#[C-])c4-n4c5ccccc5c5ccccc54)cc3)c2c1. The molecular weight excluding hydrogens is 697 g/mol. The third kappa shape index (κ3) is 4.68. The third-order valence-corrected chi connectivity index (χ3v) is 11.3. The van der Waals surface area contributed by atoms with Crippen molar-refractivity contribution < 1.29 is 0 Å². The molecule has 0 aliphatic rings. The average molecular weight is 725 g/mol. The number of aromatic nitrogens is 3. The van der Waals surface area contributed by atoms with Crippen molar-refractivity contribution in [2.24, 2.45) is 0 Å². The van der Waals surface area contributed by atoms with Gasteiger partial charge in [-0.1, -0.05) is 97.1 Å². The Labute approximate surface area is 327 Å². The molecule has 0 amide bonds. The maximum Gasteiger partial charge on any atom is 0.211 e. The van der Waals surface area contributed by atoms with E-state index in [1.807, 2.05) is 48.5 Å². The van der Waals surface area contributed by atoms with Crippen LogP contribution in [0.2, 0.25) is 0 Å². The van der Waals surface area contributed by atoms with Crippen LogP contribution in [-0.2, 0) is 0 Å². The molecule has 0 radical (unpaired) electrons. The van der Waals surface area contributed by atoms with E-state index in [-0.39, 0.29) is 0 Å². The molecule has 8 aromatic carbocycles. The average Bonchev–Trinajstić information content (AvgIpc) is 3.90. The molecule has 0 aliphatic carbocycles. The summed E-state index contributed by atoms with van der Waals surface area (Å²) in [6.45, 7) is 15.9. The van der Waals surface area contributed by atoms with Gasteiger partial charge < -0.3 is 13.7 Å². The number of benzene rings is 8. The topological polar surface area (TPSA) is 47.3 Å². The fraction of sp³-hybridized carbons (Fsp3) is 0. The van der Waals surface area contributed by atoms with Crippen molar-refractivity contribution in [1.29, 1.82) is 5.26 Å². The van der Waals surface area contributed by atoms with E-state index in [0.717, 1.165) is 93.6 Å². The van der Waals surface area contributed by atoms with Gasteiger partial charge >= 0.3 is 0 Å². The molecular formula is C51H28N6. The first-order chi connectivity index (χ1) is 28.1. The van der Waals surface area contributed by atoms with E-state index in [0.29, 0.717) is 16.9 Å². The summed E-state index contributed by atoms with van der Waals surface area (Å²) in [5.74, 6) is 0. The predicted octanol–water partition coefficient (Wildman–Crippen LogP) is 13.6. The molecule has 3 aromatic heterocycles. The minimum absolute atomic E-state index is 0.561. The van der Waals surface area contributed by atoms with Crippen molar-refractivity contribution in [1.82, 2.24) is 13.7 Å². The van der Waals surface area contributed by atoms with Crippen molar-refractivity contribution in [2.45, 2.75) is 0 Å². The number of hydrogen-bond donors (Lipinski definition) is 0. The summed E-state index contributed by atoms with van der Waals surface area (Å²) < 4.78 is 6.79. The second kappa shape index (κ2) is 12.3. The lowest BCUT2D eigenvalue weighted by molar-refractivity contribution is 1.15. The Hall–Kier alpha value is -8.37. The molecule has 11 rings (SSSR count). The monoisotopic (exact) mass is 724 g/mol. The molecule has 57 heavy (non-hydrogen) atoms. The number of rotatable bonds is 4. The standard InChI is InChI=1S/C51H28N6/c1-53-34-21-27-49-43(29-34)42-28-32(31-52)18-26-48(42)56(49)36-24-25-41-40-12-3-6-15-45(40)55(50(41)30-36)35-22-19-33(20-23-35)37-13-9-14-44(54-2)51(37)57-46-16-7-4-10-38(46)39-11-5-8-17-47(39)57/h3-30H. The van der Waals surface area contributed by atoms with Crippen LogP contribution >= 0.6 is 0 Å². The minimum atomic E-state index is 0.561. The molecule has 0 aliphatic heterocycles. The molecule has 6 nitrogen and oxygen atoms in total. The fourth-order valence-electron chi connectivity index (χ4n) is 8.85. The molecule has 3 heterocycles. The Morgan fingerprint density at radius 1 is 0.421 bits per heavy atom. The highest BCUT2D eigenvalue weighted by Crippen LogP contribution is 2.42. The normalized spacial score (nSPS) is 11.5. The van der Waals surface area contributed by atoms with E-state index in [1.165, 1.54) is 0 Å². The summed E-state index contributed by atoms with van der Waals surface area (Å²) in [7, 11) is 0. The molecule has 6 heteroatoms. The summed E-state index contributed by atoms with van der Waals surface area (Å²) in [5, 5.41) is 16.2. The Morgan fingerprint density at radius 3 is 1.63 bits per heavy atom. The molecule has 0 fully saturated rings. The highest BCUT2D eigenvalue weighted by molar-refractivity contribution is 6.13. The molecule has 11 aromatic rings. The summed E-state index contributed by atoms with van der Waals surface area (Å²) in [6, 6.07) is 60.4. The Morgan fingerprint density at radius 2 is 0.982 bits per heavy atom. The lowest BCUT2D eigenvalue weighted by Crippen LogP contribution is -1.99. The molecule has 0 spiro atoms. The summed E-state index contributed by atoms with van der Waals surface area (Å²) in [5.41, 5.74) is 12.8. The largest absolute Gasteiger partial charge is 0.318 e. The molecule has 0 saturated carbocycles. The Balaban J connectivity index is 1.11. The zero-order chi connectivity index (χ0) is 38.2. The van der Waals surface area contributed by atoms with Crippen LogP contribution in [0, 0.1) is 24.5 Å². The number of para-hydroxylation sites is 4. The van der Waals surface area contributed by atoms with Gasteiger partial charge in [0.1, 0.15) is 0 Å². The van der Waals surface area contributed by atoms with Crippen molar-refractivity contribution in [2.75, 3.05) is 0 Å². The maximum absolute atomic E-state index is 9.74. The van der Waals surface area contributed by atoms with E-state index in [2.05, 4.69) is 151 Å². The molecule has 0 atom stereocenters. The minimum Gasteiger partial charge on any atom is -0.318 e. The van der Waals surface area contributed by atoms with Gasteiger partial charge in [0.15, 0.2) is 5.69 Å². The van der Waals surface area contributed by atoms with Gasteiger partial charge in [-0.25, -0.2) is 9.69 Å². The highest BCUT2D eigenvalue weighted by Gasteiger charge is 2.20. The number of nitriles is 1. The van der Waals surface area contributed by atoms with E-state index in [1.54, 1.807) is 0 Å². The molecule has 0 bridgehead atoms. The summed E-state index contributed by atoms with van der Waals surface area (Å²) in [6.07, 6.45) is 0. The molecule has 0 unspecified atom stereocenters. The van der Waals surface area contributed by atoms with Gasteiger partial charge in [0.2, 0.25) is 5.69 Å². The van der Waals surface area contributed by atoms with Gasteiger partial charge in [-0.05, 0) is 89.3 Å². The second-order valence-corrected chi connectivity index (χ2v) is 14.2. The first-order valence-corrected chi connectivity index (χ1v) is 18.6. The fourth-order valence-corrected chi connectivity index (χ4v) is 8.85. The van der Waals surface area contributed by atoms with Crippen LogP contribution in [0.15, 0.2) is 170 Å². The summed E-state index contributed by atoms with van der Waals surface area (Å²) >= 11 is 0. The maximum atomic E-state index is 9.74. The number of fused-ring (bicyclic) bond motifs is 9. The lowest BCUT2D eigenvalue weighted by Gasteiger charge is -2.17. The Kier molecular flexibility index (Phi) is 6.95. The van der Waals surface area contributed by atoms with Crippen LogP contribution in [0.5, 0.6) is 0 Å². The Bertz CT molecular complexity index is 3490. The zero-order valence-corrected chi connectivity index (χ0v) is 30.3. The van der Waals surface area contributed by atoms with Crippen molar-refractivity contribution in [3.8, 4) is 34.3 Å². The van der Waals surface area contributed by atoms with Gasteiger partial charge in [-0.2, -0.15) is 5.26 Å². The van der Waals surface area contributed by atoms with Crippen LogP contribution in [-0.4, -0.2) is 13.7 Å². The van der Waals surface area contributed by atoms with Crippen LogP contribution in [0.3, 0.4) is 0 Å². The van der Waals surface area contributed by atoms with Crippen LogP contribution in [0.4, 0.5) is 11.4 Å². The second-order valence-electron chi connectivity index (χ2n) is 14.2. The van der Waals surface area contributed by atoms with Gasteiger partial charge in [-0.15, -0.1) is 0 Å². The van der Waals surface area contributed by atoms with Crippen molar-refractivity contribution in [3.63, 3.8) is 0 Å². The van der Waals surface area contributed by atoms with Gasteiger partial charge in [0.05, 0.1) is 63.6 Å². The first-order valence-electron chi connectivity index (χ1n) is 18.6. The number of nitrogens with zero attached hydrogens (tertiary/aromatic N) is 6. The van der Waals surface area contributed by atoms with Crippen LogP contribution < -0.4 is 0 Å². The summed E-state index contributed by atoms with van der Waals surface area (Å²) in [4.78, 5) is 7.73. The van der Waals surface area contributed by atoms with E-state index in [9.17, 15) is 5.26 Å². The van der Waals surface area contributed by atoms with Crippen molar-refractivity contribution >= 4 is 76.8 Å². The predicted molar refractivity (Wildman–Crippen MR) is 232 cm³/mol. The lowest BCUT2D eigenvalue weighted by atomic mass is 10.0. The van der Waals surface area contributed by atoms with Crippen LogP contribution in [0.25, 0.3) is 103 Å². The van der Waals surface area contributed by atoms with Gasteiger partial charge in [-0.3, -0.25) is 0 Å². The van der Waals surface area contributed by atoms with Gasteiger partial charge in [0.25, 0.3) is 0 Å². The van der Waals surface area contributed by atoms with Gasteiger partial charge in [0, 0.05) is 38.3 Å². The highest BCUT2D eigenvalue weighted by atomic mass is 15.0. The number of hydrogen-bond acceptors (Lipinski definition) is 1. The quantitative estimate of drug-likeness (QED) is 0.167. The van der Waals surface area contributed by atoms with E-state index < -0.39 is 0 Å². The zero-order valence-electron chi connectivity index (χ0n) is 30.3.